The summed E-state index contributed by atoms with van der Waals surface area (Å²) >= 11 is 0. The molecule has 0 aromatic heterocycles. The van der Waals surface area contributed by atoms with Gasteiger partial charge in [0.2, 0.25) is 0 Å². The topological polar surface area (TPSA) is 15.3 Å². The summed E-state index contributed by atoms with van der Waals surface area (Å²) in [7, 11) is 0. The highest BCUT2D eigenvalue weighted by Crippen LogP contribution is 2.30. The standard InChI is InChI=1S/C9H18N2/c1-7(2)11-6-8-5-10-4-3-9(8)11/h7-10H,3-6H2,1-2H3/t8-,9-/m0/s1. The Hall–Kier alpha value is -0.0800. The van der Waals surface area contributed by atoms with Crippen LogP contribution in [0.1, 0.15) is 20.3 Å². The molecule has 11 heavy (non-hydrogen) atoms. The normalized spacial score (nSPS) is 38.5. The number of fused-ring (bicyclic) bond motifs is 1. The predicted octanol–water partition coefficient (Wildman–Crippen LogP) is 0.688. The van der Waals surface area contributed by atoms with Gasteiger partial charge in [0, 0.05) is 25.2 Å². The van der Waals surface area contributed by atoms with Gasteiger partial charge in [-0.1, -0.05) is 0 Å². The van der Waals surface area contributed by atoms with Crippen LogP contribution in [-0.2, 0) is 0 Å². The molecule has 0 aromatic carbocycles. The van der Waals surface area contributed by atoms with Crippen molar-refractivity contribution in [1.29, 1.82) is 0 Å². The Morgan fingerprint density at radius 3 is 2.91 bits per heavy atom. The molecule has 2 saturated heterocycles. The number of likely N-dealkylation sites (tertiary alicyclic amines) is 1. The van der Waals surface area contributed by atoms with Crippen molar-refractivity contribution in [1.82, 2.24) is 10.2 Å². The number of nitrogens with one attached hydrogen (secondary N) is 1. The first-order valence-electron chi connectivity index (χ1n) is 4.75. The molecule has 2 aliphatic heterocycles. The van der Waals surface area contributed by atoms with E-state index in [-0.39, 0.29) is 0 Å². The first-order valence-corrected chi connectivity index (χ1v) is 4.75. The van der Waals surface area contributed by atoms with Crippen molar-refractivity contribution in [3.05, 3.63) is 0 Å². The van der Waals surface area contributed by atoms with Crippen LogP contribution in [0.5, 0.6) is 0 Å². The minimum absolute atomic E-state index is 0.759. The van der Waals surface area contributed by atoms with Crippen molar-refractivity contribution < 1.29 is 0 Å². The molecule has 2 rings (SSSR count). The van der Waals surface area contributed by atoms with Crippen molar-refractivity contribution in [3.8, 4) is 0 Å². The maximum Gasteiger partial charge on any atom is 0.0163 e. The van der Waals surface area contributed by atoms with E-state index in [2.05, 4.69) is 24.1 Å². The molecule has 1 N–H and O–H groups in total. The van der Waals surface area contributed by atoms with Gasteiger partial charge in [-0.05, 0) is 32.7 Å². The van der Waals surface area contributed by atoms with Gasteiger partial charge in [0.15, 0.2) is 0 Å². The summed E-state index contributed by atoms with van der Waals surface area (Å²) in [6.45, 7) is 8.42. The van der Waals surface area contributed by atoms with Gasteiger partial charge in [0.05, 0.1) is 0 Å². The highest BCUT2D eigenvalue weighted by molar-refractivity contribution is 4.96. The number of nitrogens with zero attached hydrogens (tertiary/aromatic N) is 1. The summed E-state index contributed by atoms with van der Waals surface area (Å²) in [6, 6.07) is 1.67. The zero-order chi connectivity index (χ0) is 7.84. The monoisotopic (exact) mass is 154 g/mol. The van der Waals surface area contributed by atoms with Crippen LogP contribution in [0.4, 0.5) is 0 Å². The molecule has 2 fully saturated rings. The molecular formula is C9H18N2. The lowest BCUT2D eigenvalue weighted by molar-refractivity contribution is -0.0288. The second-order valence-corrected chi connectivity index (χ2v) is 4.11. The predicted molar refractivity (Wildman–Crippen MR) is 46.6 cm³/mol. The first-order chi connectivity index (χ1) is 5.29. The summed E-state index contributed by atoms with van der Waals surface area (Å²) in [5.74, 6) is 0.964. The van der Waals surface area contributed by atoms with E-state index in [1.807, 2.05) is 0 Å². The lowest BCUT2D eigenvalue weighted by Crippen LogP contribution is -2.64. The number of piperidine rings is 1. The van der Waals surface area contributed by atoms with Crippen LogP contribution in [0.3, 0.4) is 0 Å². The van der Waals surface area contributed by atoms with Gasteiger partial charge in [0.25, 0.3) is 0 Å². The van der Waals surface area contributed by atoms with Gasteiger partial charge < -0.3 is 5.32 Å². The van der Waals surface area contributed by atoms with Crippen LogP contribution < -0.4 is 5.32 Å². The minimum Gasteiger partial charge on any atom is -0.316 e. The van der Waals surface area contributed by atoms with E-state index in [0.29, 0.717) is 0 Å². The molecule has 0 radical (unpaired) electrons. The molecule has 2 nitrogen and oxygen atoms in total. The lowest BCUT2D eigenvalue weighted by atomic mass is 9.82. The van der Waals surface area contributed by atoms with Crippen molar-refractivity contribution in [2.24, 2.45) is 5.92 Å². The Kier molecular flexibility index (Phi) is 1.90. The maximum absolute atomic E-state index is 3.45. The molecule has 0 bridgehead atoms. The number of rotatable bonds is 1. The van der Waals surface area contributed by atoms with Crippen molar-refractivity contribution in [2.45, 2.75) is 32.4 Å². The molecule has 0 unspecified atom stereocenters. The van der Waals surface area contributed by atoms with Crippen LogP contribution in [0.15, 0.2) is 0 Å². The van der Waals surface area contributed by atoms with E-state index < -0.39 is 0 Å². The SMILES string of the molecule is CC(C)N1C[C@@H]2CNCC[C@@H]21. The Morgan fingerprint density at radius 1 is 1.45 bits per heavy atom. The largest absolute Gasteiger partial charge is 0.316 e. The summed E-state index contributed by atoms with van der Waals surface area (Å²) < 4.78 is 0. The molecule has 2 aliphatic rings. The van der Waals surface area contributed by atoms with Gasteiger partial charge in [-0.3, -0.25) is 4.90 Å². The average Bonchev–Trinajstić information content (AvgIpc) is 1.90. The number of hydrogen-bond donors (Lipinski definition) is 1. The molecule has 0 aromatic rings. The molecule has 2 heteroatoms. The quantitative estimate of drug-likeness (QED) is 0.598. The van der Waals surface area contributed by atoms with Crippen molar-refractivity contribution in [2.75, 3.05) is 19.6 Å². The third-order valence-electron chi connectivity index (χ3n) is 3.10. The molecule has 0 spiro atoms. The van der Waals surface area contributed by atoms with Gasteiger partial charge >= 0.3 is 0 Å². The van der Waals surface area contributed by atoms with Crippen molar-refractivity contribution in [3.63, 3.8) is 0 Å². The smallest absolute Gasteiger partial charge is 0.0163 e. The van der Waals surface area contributed by atoms with Crippen LogP contribution in [0.25, 0.3) is 0 Å². The van der Waals surface area contributed by atoms with Crippen LogP contribution in [0, 0.1) is 5.92 Å². The van der Waals surface area contributed by atoms with Crippen molar-refractivity contribution >= 4 is 0 Å². The second kappa shape index (κ2) is 2.76. The van der Waals surface area contributed by atoms with E-state index in [9.17, 15) is 0 Å². The Bertz CT molecular complexity index is 144. The van der Waals surface area contributed by atoms with Gasteiger partial charge in [-0.25, -0.2) is 0 Å². The van der Waals surface area contributed by atoms with E-state index in [1.54, 1.807) is 0 Å². The molecule has 64 valence electrons. The van der Waals surface area contributed by atoms with E-state index in [4.69, 9.17) is 0 Å². The average molecular weight is 154 g/mol. The van der Waals surface area contributed by atoms with Gasteiger partial charge in [0.1, 0.15) is 0 Å². The van der Waals surface area contributed by atoms with Gasteiger partial charge in [-0.2, -0.15) is 0 Å². The molecule has 0 aliphatic carbocycles. The highest BCUT2D eigenvalue weighted by Gasteiger charge is 2.40. The number of hydrogen-bond acceptors (Lipinski definition) is 2. The van der Waals surface area contributed by atoms with Crippen LogP contribution in [0.2, 0.25) is 0 Å². The minimum atomic E-state index is 0.759. The zero-order valence-electron chi connectivity index (χ0n) is 7.51. The highest BCUT2D eigenvalue weighted by atomic mass is 15.3. The summed E-state index contributed by atoms with van der Waals surface area (Å²) in [4.78, 5) is 2.63. The maximum atomic E-state index is 3.45. The molecule has 2 heterocycles. The van der Waals surface area contributed by atoms with Crippen LogP contribution >= 0.6 is 0 Å². The Balaban J connectivity index is 1.91. The third-order valence-corrected chi connectivity index (χ3v) is 3.10. The molecule has 2 atom stereocenters. The zero-order valence-corrected chi connectivity index (χ0v) is 7.51. The molecule has 0 saturated carbocycles. The van der Waals surface area contributed by atoms with E-state index in [0.717, 1.165) is 18.0 Å². The fourth-order valence-corrected chi connectivity index (χ4v) is 2.39. The summed E-state index contributed by atoms with van der Waals surface area (Å²) in [5.41, 5.74) is 0. The first kappa shape index (κ1) is 7.56. The lowest BCUT2D eigenvalue weighted by Gasteiger charge is -2.53. The summed E-state index contributed by atoms with van der Waals surface area (Å²) in [5, 5.41) is 3.45. The van der Waals surface area contributed by atoms with Gasteiger partial charge in [-0.15, -0.1) is 0 Å². The van der Waals surface area contributed by atoms with Crippen LogP contribution in [-0.4, -0.2) is 36.6 Å². The summed E-state index contributed by atoms with van der Waals surface area (Å²) in [6.07, 6.45) is 1.36. The van der Waals surface area contributed by atoms with E-state index >= 15 is 0 Å². The third kappa shape index (κ3) is 1.18. The second-order valence-electron chi connectivity index (χ2n) is 4.11. The van der Waals surface area contributed by atoms with E-state index in [1.165, 1.54) is 26.1 Å². The fraction of sp³-hybridized carbons (Fsp3) is 1.00. The Labute approximate surface area is 69.0 Å². The molecular weight excluding hydrogens is 136 g/mol. The Morgan fingerprint density at radius 2 is 2.27 bits per heavy atom. The fourth-order valence-electron chi connectivity index (χ4n) is 2.39. The molecule has 0 amide bonds.